The molecule has 1 rings (SSSR count). The van der Waals surface area contributed by atoms with Gasteiger partial charge in [0, 0.05) is 0 Å². The van der Waals surface area contributed by atoms with Crippen molar-refractivity contribution in [3.63, 3.8) is 0 Å². The molecule has 0 saturated carbocycles. The second kappa shape index (κ2) is 6.56. The molecule has 3 heteroatoms. The summed E-state index contributed by atoms with van der Waals surface area (Å²) in [4.78, 5) is 11.1. The highest BCUT2D eigenvalue weighted by atomic mass is 16.5. The highest BCUT2D eigenvalue weighted by Crippen LogP contribution is 2.00. The van der Waals surface area contributed by atoms with E-state index in [1.165, 1.54) is 6.08 Å². The predicted molar refractivity (Wildman–Crippen MR) is 63.6 cm³/mol. The standard InChI is InChI=1S/C13H15NO2/c1-2-16-13(15)12(14)10-6-9-11-7-4-3-5-8-11/h3-8,10,14H,2,9H2,1H3/b10-6+,14-12?. The van der Waals surface area contributed by atoms with Gasteiger partial charge in [-0.25, -0.2) is 4.79 Å². The van der Waals surface area contributed by atoms with Crippen molar-refractivity contribution in [3.8, 4) is 0 Å². The van der Waals surface area contributed by atoms with Gasteiger partial charge in [-0.2, -0.15) is 0 Å². The number of ether oxygens (including phenoxy) is 1. The minimum absolute atomic E-state index is 0.113. The molecule has 0 saturated heterocycles. The van der Waals surface area contributed by atoms with E-state index in [0.29, 0.717) is 13.0 Å². The molecule has 16 heavy (non-hydrogen) atoms. The number of esters is 1. The van der Waals surface area contributed by atoms with Crippen LogP contribution in [0.3, 0.4) is 0 Å². The molecule has 1 aromatic carbocycles. The second-order valence-electron chi connectivity index (χ2n) is 3.23. The van der Waals surface area contributed by atoms with Gasteiger partial charge in [-0.1, -0.05) is 36.4 Å². The Hall–Kier alpha value is -1.90. The summed E-state index contributed by atoms with van der Waals surface area (Å²) in [7, 11) is 0. The zero-order chi connectivity index (χ0) is 11.8. The predicted octanol–water partition coefficient (Wildman–Crippen LogP) is 2.37. The number of benzene rings is 1. The van der Waals surface area contributed by atoms with Crippen molar-refractivity contribution in [2.45, 2.75) is 13.3 Å². The van der Waals surface area contributed by atoms with Gasteiger partial charge in [-0.05, 0) is 25.0 Å². The highest BCUT2D eigenvalue weighted by molar-refractivity contribution is 6.39. The van der Waals surface area contributed by atoms with E-state index in [1.807, 2.05) is 30.3 Å². The number of hydrogen-bond acceptors (Lipinski definition) is 3. The van der Waals surface area contributed by atoms with Crippen LogP contribution >= 0.6 is 0 Å². The first-order valence-corrected chi connectivity index (χ1v) is 5.20. The lowest BCUT2D eigenvalue weighted by atomic mass is 10.1. The maximum absolute atomic E-state index is 11.1. The van der Waals surface area contributed by atoms with Crippen molar-refractivity contribution in [1.29, 1.82) is 5.41 Å². The fraction of sp³-hybridized carbons (Fsp3) is 0.231. The number of carbonyl (C=O) groups excluding carboxylic acids is 1. The van der Waals surface area contributed by atoms with E-state index in [9.17, 15) is 4.79 Å². The zero-order valence-corrected chi connectivity index (χ0v) is 9.27. The van der Waals surface area contributed by atoms with E-state index in [-0.39, 0.29) is 5.71 Å². The molecule has 0 radical (unpaired) electrons. The Kier molecular flexibility index (Phi) is 4.99. The number of carbonyl (C=O) groups is 1. The number of rotatable bonds is 5. The van der Waals surface area contributed by atoms with E-state index < -0.39 is 5.97 Å². The average molecular weight is 217 g/mol. The van der Waals surface area contributed by atoms with Gasteiger partial charge in [-0.3, -0.25) is 5.41 Å². The molecule has 0 atom stereocenters. The summed E-state index contributed by atoms with van der Waals surface area (Å²) in [6.45, 7) is 2.02. The van der Waals surface area contributed by atoms with Crippen molar-refractivity contribution in [2.24, 2.45) is 0 Å². The Bertz CT molecular complexity index is 382. The summed E-state index contributed by atoms with van der Waals surface area (Å²) in [5.41, 5.74) is 1.04. The summed E-state index contributed by atoms with van der Waals surface area (Å²) in [5.74, 6) is -0.577. The zero-order valence-electron chi connectivity index (χ0n) is 9.27. The van der Waals surface area contributed by atoms with Gasteiger partial charge in [0.1, 0.15) is 5.71 Å². The molecule has 0 bridgehead atoms. The minimum atomic E-state index is -0.577. The molecule has 0 aliphatic carbocycles. The fourth-order valence-electron chi connectivity index (χ4n) is 1.20. The number of allylic oxidation sites excluding steroid dienone is 1. The van der Waals surface area contributed by atoms with E-state index in [2.05, 4.69) is 0 Å². The maximum atomic E-state index is 11.1. The lowest BCUT2D eigenvalue weighted by Crippen LogP contribution is -2.13. The SMILES string of the molecule is CCOC(=O)C(=N)/C=C/Cc1ccccc1. The monoisotopic (exact) mass is 217 g/mol. The molecule has 0 unspecified atom stereocenters. The third-order valence-corrected chi connectivity index (χ3v) is 1.98. The molecular weight excluding hydrogens is 202 g/mol. The Morgan fingerprint density at radius 3 is 2.69 bits per heavy atom. The smallest absolute Gasteiger partial charge is 0.356 e. The van der Waals surface area contributed by atoms with Crippen LogP contribution in [0.15, 0.2) is 42.5 Å². The molecule has 0 fully saturated rings. The third-order valence-electron chi connectivity index (χ3n) is 1.98. The Balaban J connectivity index is 2.43. The van der Waals surface area contributed by atoms with Crippen LogP contribution in [0.2, 0.25) is 0 Å². The van der Waals surface area contributed by atoms with Crippen molar-refractivity contribution in [3.05, 3.63) is 48.0 Å². The highest BCUT2D eigenvalue weighted by Gasteiger charge is 2.04. The summed E-state index contributed by atoms with van der Waals surface area (Å²) in [6.07, 6.45) is 3.97. The van der Waals surface area contributed by atoms with Crippen LogP contribution < -0.4 is 0 Å². The molecule has 0 aliphatic rings. The molecule has 0 spiro atoms. The van der Waals surface area contributed by atoms with Crippen LogP contribution in [0, 0.1) is 5.41 Å². The largest absolute Gasteiger partial charge is 0.461 e. The quantitative estimate of drug-likeness (QED) is 0.608. The maximum Gasteiger partial charge on any atom is 0.356 e. The molecule has 0 amide bonds. The van der Waals surface area contributed by atoms with Crippen molar-refractivity contribution in [1.82, 2.24) is 0 Å². The van der Waals surface area contributed by atoms with Gasteiger partial charge in [0.25, 0.3) is 0 Å². The Morgan fingerprint density at radius 2 is 2.06 bits per heavy atom. The van der Waals surface area contributed by atoms with E-state index >= 15 is 0 Å². The van der Waals surface area contributed by atoms with Gasteiger partial charge in [0.15, 0.2) is 0 Å². The minimum Gasteiger partial charge on any atom is -0.461 e. The molecule has 3 nitrogen and oxygen atoms in total. The lowest BCUT2D eigenvalue weighted by molar-refractivity contribution is -0.135. The lowest BCUT2D eigenvalue weighted by Gasteiger charge is -1.98. The summed E-state index contributed by atoms with van der Waals surface area (Å²) in [5, 5.41) is 7.40. The molecule has 1 N–H and O–H groups in total. The third kappa shape index (κ3) is 4.09. The Labute approximate surface area is 95.3 Å². The molecule has 0 heterocycles. The first-order chi connectivity index (χ1) is 7.74. The van der Waals surface area contributed by atoms with Crippen molar-refractivity contribution in [2.75, 3.05) is 6.61 Å². The van der Waals surface area contributed by atoms with Crippen LogP contribution in [0.4, 0.5) is 0 Å². The van der Waals surface area contributed by atoms with E-state index in [4.69, 9.17) is 10.1 Å². The normalized spacial score (nSPS) is 10.3. The summed E-state index contributed by atoms with van der Waals surface area (Å²) >= 11 is 0. The van der Waals surface area contributed by atoms with Crippen molar-refractivity contribution >= 4 is 11.7 Å². The van der Waals surface area contributed by atoms with E-state index in [0.717, 1.165) is 5.56 Å². The van der Waals surface area contributed by atoms with E-state index in [1.54, 1.807) is 13.0 Å². The van der Waals surface area contributed by atoms with Crippen LogP contribution in [-0.4, -0.2) is 18.3 Å². The molecule has 1 aromatic rings. The van der Waals surface area contributed by atoms with Gasteiger partial charge >= 0.3 is 5.97 Å². The molecular formula is C13H15NO2. The number of hydrogen-bond donors (Lipinski definition) is 1. The fourth-order valence-corrected chi connectivity index (χ4v) is 1.20. The summed E-state index contributed by atoms with van der Waals surface area (Å²) in [6, 6.07) is 9.87. The van der Waals surface area contributed by atoms with Crippen LogP contribution in [0.1, 0.15) is 12.5 Å². The molecule has 0 aromatic heterocycles. The van der Waals surface area contributed by atoms with Gasteiger partial charge < -0.3 is 4.74 Å². The van der Waals surface area contributed by atoms with Crippen LogP contribution in [0.25, 0.3) is 0 Å². The first-order valence-electron chi connectivity index (χ1n) is 5.20. The Morgan fingerprint density at radius 1 is 1.38 bits per heavy atom. The average Bonchev–Trinajstić information content (AvgIpc) is 2.30. The molecule has 84 valence electrons. The van der Waals surface area contributed by atoms with Crippen LogP contribution in [-0.2, 0) is 16.0 Å². The second-order valence-corrected chi connectivity index (χ2v) is 3.23. The summed E-state index contributed by atoms with van der Waals surface area (Å²) < 4.78 is 4.69. The molecule has 0 aliphatic heterocycles. The van der Waals surface area contributed by atoms with Gasteiger partial charge in [0.2, 0.25) is 0 Å². The number of nitrogens with one attached hydrogen (secondary N) is 1. The van der Waals surface area contributed by atoms with Crippen molar-refractivity contribution < 1.29 is 9.53 Å². The van der Waals surface area contributed by atoms with Gasteiger partial charge in [-0.15, -0.1) is 0 Å². The topological polar surface area (TPSA) is 50.2 Å². The van der Waals surface area contributed by atoms with Gasteiger partial charge in [0.05, 0.1) is 6.61 Å². The first kappa shape index (κ1) is 12.2. The van der Waals surface area contributed by atoms with Crippen LogP contribution in [0.5, 0.6) is 0 Å².